The molecule has 54 valence electrons. The van der Waals surface area contributed by atoms with Gasteiger partial charge in [-0.15, -0.1) is 11.3 Å². The minimum atomic E-state index is 0.397. The first-order valence-corrected chi connectivity index (χ1v) is 4.05. The minimum absolute atomic E-state index is 0.397. The number of hydrogen-bond acceptors (Lipinski definition) is 2. The Morgan fingerprint density at radius 1 is 1.80 bits per heavy atom. The summed E-state index contributed by atoms with van der Waals surface area (Å²) in [6.45, 7) is 1.69. The predicted molar refractivity (Wildman–Crippen MR) is 44.4 cm³/mol. The van der Waals surface area contributed by atoms with Gasteiger partial charge in [-0.05, 0) is 24.4 Å². The Bertz CT molecular complexity index is 207. The van der Waals surface area contributed by atoms with E-state index in [0.29, 0.717) is 5.76 Å². The van der Waals surface area contributed by atoms with E-state index in [4.69, 9.17) is 5.11 Å². The zero-order valence-corrected chi connectivity index (χ0v) is 6.69. The minimum Gasteiger partial charge on any atom is -0.513 e. The summed E-state index contributed by atoms with van der Waals surface area (Å²) in [5, 5.41) is 10.9. The van der Waals surface area contributed by atoms with Crippen molar-refractivity contribution >= 4 is 11.3 Å². The Balaban J connectivity index is 2.49. The third-order valence-corrected chi connectivity index (χ3v) is 2.08. The molecule has 1 N–H and O–H groups in total. The Hall–Kier alpha value is -0.760. The van der Waals surface area contributed by atoms with Gasteiger partial charge in [0.05, 0.1) is 5.76 Å². The van der Waals surface area contributed by atoms with E-state index < -0.39 is 0 Å². The summed E-state index contributed by atoms with van der Waals surface area (Å²) in [7, 11) is 0. The molecule has 0 aliphatic carbocycles. The molecule has 0 unspecified atom stereocenters. The van der Waals surface area contributed by atoms with Crippen molar-refractivity contribution in [3.8, 4) is 0 Å². The zero-order valence-electron chi connectivity index (χ0n) is 5.87. The van der Waals surface area contributed by atoms with Crippen LogP contribution in [0.15, 0.2) is 29.3 Å². The third kappa shape index (κ3) is 2.23. The highest BCUT2D eigenvalue weighted by Gasteiger charge is 1.88. The van der Waals surface area contributed by atoms with Crippen molar-refractivity contribution in [1.82, 2.24) is 0 Å². The molecule has 10 heavy (non-hydrogen) atoms. The van der Waals surface area contributed by atoms with Crippen LogP contribution in [0.3, 0.4) is 0 Å². The van der Waals surface area contributed by atoms with Gasteiger partial charge in [0.15, 0.2) is 0 Å². The lowest BCUT2D eigenvalue weighted by atomic mass is 10.3. The quantitative estimate of drug-likeness (QED) is 0.649. The van der Waals surface area contributed by atoms with E-state index in [1.807, 2.05) is 17.5 Å². The van der Waals surface area contributed by atoms with E-state index >= 15 is 0 Å². The second-order valence-electron chi connectivity index (χ2n) is 2.13. The molecule has 1 nitrogen and oxygen atoms in total. The van der Waals surface area contributed by atoms with Crippen LogP contribution < -0.4 is 0 Å². The van der Waals surface area contributed by atoms with Gasteiger partial charge in [0.1, 0.15) is 0 Å². The second kappa shape index (κ2) is 3.42. The molecule has 0 saturated heterocycles. The first-order valence-electron chi connectivity index (χ1n) is 3.17. The van der Waals surface area contributed by atoms with Crippen LogP contribution in [0.1, 0.15) is 11.8 Å². The summed E-state index contributed by atoms with van der Waals surface area (Å²) >= 11 is 1.71. The van der Waals surface area contributed by atoms with Crippen LogP contribution in [-0.2, 0) is 6.42 Å². The Morgan fingerprint density at radius 2 is 2.60 bits per heavy atom. The number of allylic oxidation sites excluding steroid dienone is 2. The Labute approximate surface area is 64.6 Å². The maximum Gasteiger partial charge on any atom is 0.0855 e. The zero-order chi connectivity index (χ0) is 7.40. The number of aliphatic hydroxyl groups is 1. The summed E-state index contributed by atoms with van der Waals surface area (Å²) in [5.74, 6) is 0.397. The molecule has 0 amide bonds. The first-order chi connectivity index (χ1) is 4.79. The largest absolute Gasteiger partial charge is 0.513 e. The van der Waals surface area contributed by atoms with E-state index in [1.54, 1.807) is 18.3 Å². The van der Waals surface area contributed by atoms with Gasteiger partial charge in [-0.25, -0.2) is 0 Å². The molecule has 1 aromatic heterocycles. The summed E-state index contributed by atoms with van der Waals surface area (Å²) in [6, 6.07) is 4.07. The van der Waals surface area contributed by atoms with Gasteiger partial charge in [0.25, 0.3) is 0 Å². The SMILES string of the molecule is C/C(O)=C/Cc1cccs1. The third-order valence-electron chi connectivity index (χ3n) is 1.18. The van der Waals surface area contributed by atoms with Crippen LogP contribution in [0, 0.1) is 0 Å². The highest BCUT2D eigenvalue weighted by molar-refractivity contribution is 7.09. The van der Waals surface area contributed by atoms with Gasteiger partial charge in [-0.2, -0.15) is 0 Å². The van der Waals surface area contributed by atoms with Gasteiger partial charge in [0.2, 0.25) is 0 Å². The van der Waals surface area contributed by atoms with E-state index in [9.17, 15) is 0 Å². The van der Waals surface area contributed by atoms with Gasteiger partial charge in [-0.1, -0.05) is 6.07 Å². The van der Waals surface area contributed by atoms with Crippen LogP contribution in [0.5, 0.6) is 0 Å². The van der Waals surface area contributed by atoms with Crippen molar-refractivity contribution in [2.24, 2.45) is 0 Å². The Morgan fingerprint density at radius 3 is 3.10 bits per heavy atom. The molecule has 0 aliphatic heterocycles. The lowest BCUT2D eigenvalue weighted by Gasteiger charge is -1.88. The monoisotopic (exact) mass is 154 g/mol. The van der Waals surface area contributed by atoms with E-state index in [1.165, 1.54) is 4.88 Å². The number of aliphatic hydroxyl groups excluding tert-OH is 1. The van der Waals surface area contributed by atoms with Gasteiger partial charge in [-0.3, -0.25) is 0 Å². The molecule has 1 rings (SSSR count). The molecule has 0 aromatic carbocycles. The average Bonchev–Trinajstić information content (AvgIpc) is 2.34. The van der Waals surface area contributed by atoms with Crippen molar-refractivity contribution < 1.29 is 5.11 Å². The molecule has 0 atom stereocenters. The molecular weight excluding hydrogens is 144 g/mol. The van der Waals surface area contributed by atoms with Crippen LogP contribution in [0.2, 0.25) is 0 Å². The summed E-state index contributed by atoms with van der Waals surface area (Å²) in [4.78, 5) is 1.29. The molecule has 1 aromatic rings. The first kappa shape index (κ1) is 7.35. The fourth-order valence-electron chi connectivity index (χ4n) is 0.677. The highest BCUT2D eigenvalue weighted by atomic mass is 32.1. The normalized spacial score (nSPS) is 11.9. The molecule has 0 spiro atoms. The van der Waals surface area contributed by atoms with Gasteiger partial charge in [0, 0.05) is 11.3 Å². The van der Waals surface area contributed by atoms with E-state index in [0.717, 1.165) is 6.42 Å². The maximum atomic E-state index is 8.82. The van der Waals surface area contributed by atoms with Crippen LogP contribution in [-0.4, -0.2) is 5.11 Å². The lowest BCUT2D eigenvalue weighted by molar-refractivity contribution is 0.412. The van der Waals surface area contributed by atoms with Crippen molar-refractivity contribution in [3.05, 3.63) is 34.2 Å². The summed E-state index contributed by atoms with van der Waals surface area (Å²) in [5.41, 5.74) is 0. The molecule has 0 aliphatic rings. The number of rotatable bonds is 2. The lowest BCUT2D eigenvalue weighted by Crippen LogP contribution is -1.75. The summed E-state index contributed by atoms with van der Waals surface area (Å²) in [6.07, 6.45) is 2.66. The molecule has 0 radical (unpaired) electrons. The van der Waals surface area contributed by atoms with Crippen LogP contribution in [0.25, 0.3) is 0 Å². The van der Waals surface area contributed by atoms with Crippen molar-refractivity contribution in [2.75, 3.05) is 0 Å². The van der Waals surface area contributed by atoms with Gasteiger partial charge >= 0.3 is 0 Å². The fraction of sp³-hybridized carbons (Fsp3) is 0.250. The van der Waals surface area contributed by atoms with Crippen molar-refractivity contribution in [1.29, 1.82) is 0 Å². The molecule has 0 bridgehead atoms. The van der Waals surface area contributed by atoms with Gasteiger partial charge < -0.3 is 5.11 Å². The van der Waals surface area contributed by atoms with E-state index in [2.05, 4.69) is 6.07 Å². The number of hydrogen-bond donors (Lipinski definition) is 1. The molecule has 0 fully saturated rings. The molecule has 2 heteroatoms. The topological polar surface area (TPSA) is 20.2 Å². The van der Waals surface area contributed by atoms with Crippen molar-refractivity contribution in [2.45, 2.75) is 13.3 Å². The predicted octanol–water partition coefficient (Wildman–Crippen LogP) is 2.75. The fourth-order valence-corrected chi connectivity index (χ4v) is 1.35. The smallest absolute Gasteiger partial charge is 0.0855 e. The van der Waals surface area contributed by atoms with Crippen molar-refractivity contribution in [3.63, 3.8) is 0 Å². The standard InChI is InChI=1S/C8H10OS/c1-7(9)4-5-8-3-2-6-10-8/h2-4,6,9H,5H2,1H3/b7-4-. The number of thiophene rings is 1. The van der Waals surface area contributed by atoms with Crippen LogP contribution >= 0.6 is 11.3 Å². The summed E-state index contributed by atoms with van der Waals surface area (Å²) < 4.78 is 0. The molecule has 1 heterocycles. The van der Waals surface area contributed by atoms with E-state index in [-0.39, 0.29) is 0 Å². The maximum absolute atomic E-state index is 8.82. The highest BCUT2D eigenvalue weighted by Crippen LogP contribution is 2.09. The van der Waals surface area contributed by atoms with Crippen LogP contribution in [0.4, 0.5) is 0 Å². The Kier molecular flexibility index (Phi) is 2.51. The second-order valence-corrected chi connectivity index (χ2v) is 3.16. The molecule has 0 saturated carbocycles. The molecular formula is C8H10OS. The average molecular weight is 154 g/mol.